The van der Waals surface area contributed by atoms with Crippen molar-refractivity contribution in [3.8, 4) is 28.8 Å². The maximum absolute atomic E-state index is 12.7. The Morgan fingerprint density at radius 2 is 1.97 bits per heavy atom. The van der Waals surface area contributed by atoms with Crippen LogP contribution in [0.4, 0.5) is 13.2 Å². The lowest BCUT2D eigenvalue weighted by Crippen LogP contribution is -2.23. The Kier molecular flexibility index (Phi) is 5.88. The molecule has 0 unspecified atom stereocenters. The molecule has 0 bridgehead atoms. The zero-order valence-electron chi connectivity index (χ0n) is 15.3. The van der Waals surface area contributed by atoms with Crippen molar-refractivity contribution < 1.29 is 22.7 Å². The zero-order valence-corrected chi connectivity index (χ0v) is 15.3. The first-order valence-corrected chi connectivity index (χ1v) is 8.51. The van der Waals surface area contributed by atoms with Gasteiger partial charge in [-0.2, -0.15) is 18.3 Å². The summed E-state index contributed by atoms with van der Waals surface area (Å²) in [5, 5.41) is 9.33. The van der Waals surface area contributed by atoms with Gasteiger partial charge in [0.25, 0.3) is 5.91 Å². The van der Waals surface area contributed by atoms with Gasteiger partial charge in [0.2, 0.25) is 0 Å². The second-order valence-electron chi connectivity index (χ2n) is 5.96. The highest BCUT2D eigenvalue weighted by molar-refractivity contribution is 5.93. The third kappa shape index (κ3) is 5.17. The number of carbonyl (C=O) groups excluding carboxylic acids is 1. The van der Waals surface area contributed by atoms with Gasteiger partial charge in [-0.3, -0.25) is 9.89 Å². The molecule has 0 spiro atoms. The number of amides is 1. The Morgan fingerprint density at radius 1 is 1.17 bits per heavy atom. The minimum Gasteiger partial charge on any atom is -0.497 e. The lowest BCUT2D eigenvalue weighted by molar-refractivity contribution is -0.137. The van der Waals surface area contributed by atoms with Crippen molar-refractivity contribution in [2.75, 3.05) is 13.7 Å². The van der Waals surface area contributed by atoms with Gasteiger partial charge in [0.05, 0.1) is 24.9 Å². The van der Waals surface area contributed by atoms with E-state index in [2.05, 4.69) is 27.4 Å². The van der Waals surface area contributed by atoms with Crippen molar-refractivity contribution in [1.29, 1.82) is 0 Å². The molecule has 0 fully saturated rings. The van der Waals surface area contributed by atoms with Crippen LogP contribution in [-0.4, -0.2) is 29.8 Å². The third-order valence-electron chi connectivity index (χ3n) is 3.95. The minimum absolute atomic E-state index is 0.0252. The van der Waals surface area contributed by atoms with E-state index < -0.39 is 17.6 Å². The summed E-state index contributed by atoms with van der Waals surface area (Å²) in [5.41, 5.74) is 1.04. The molecule has 29 heavy (non-hydrogen) atoms. The Bertz CT molecular complexity index is 1080. The van der Waals surface area contributed by atoms with E-state index in [-0.39, 0.29) is 17.8 Å². The van der Waals surface area contributed by atoms with Crippen LogP contribution in [0.25, 0.3) is 11.3 Å². The van der Waals surface area contributed by atoms with Crippen LogP contribution in [0.3, 0.4) is 0 Å². The number of hydrogen-bond acceptors (Lipinski definition) is 3. The highest BCUT2D eigenvalue weighted by Crippen LogP contribution is 2.29. The van der Waals surface area contributed by atoms with Crippen LogP contribution in [-0.2, 0) is 6.18 Å². The number of aromatic amines is 1. The summed E-state index contributed by atoms with van der Waals surface area (Å²) in [7, 11) is 1.56. The van der Waals surface area contributed by atoms with E-state index in [1.807, 2.05) is 12.1 Å². The SMILES string of the molecule is COc1cccc(-c2cc(C(=O)NCC#Cc3cccc(C(F)(F)F)c3)[nH]n2)c1. The van der Waals surface area contributed by atoms with Gasteiger partial charge in [-0.15, -0.1) is 0 Å². The predicted octanol–water partition coefficient (Wildman–Crippen LogP) is 3.89. The molecule has 148 valence electrons. The van der Waals surface area contributed by atoms with E-state index in [1.54, 1.807) is 25.3 Å². The third-order valence-corrected chi connectivity index (χ3v) is 3.95. The van der Waals surface area contributed by atoms with Crippen LogP contribution in [0.15, 0.2) is 54.6 Å². The van der Waals surface area contributed by atoms with E-state index in [0.717, 1.165) is 17.7 Å². The summed E-state index contributed by atoms with van der Waals surface area (Å²) in [4.78, 5) is 12.2. The number of hydrogen-bond donors (Lipinski definition) is 2. The van der Waals surface area contributed by atoms with Crippen molar-refractivity contribution in [2.45, 2.75) is 6.18 Å². The molecule has 2 aromatic carbocycles. The lowest BCUT2D eigenvalue weighted by atomic mass is 10.1. The minimum atomic E-state index is -4.42. The molecule has 8 heteroatoms. The molecule has 2 N–H and O–H groups in total. The van der Waals surface area contributed by atoms with Crippen LogP contribution >= 0.6 is 0 Å². The van der Waals surface area contributed by atoms with Crippen LogP contribution in [0.1, 0.15) is 21.6 Å². The molecule has 0 aliphatic heterocycles. The molecule has 1 amide bonds. The topological polar surface area (TPSA) is 67.0 Å². The van der Waals surface area contributed by atoms with Crippen LogP contribution in [0, 0.1) is 11.8 Å². The fourth-order valence-corrected chi connectivity index (χ4v) is 2.51. The number of carbonyl (C=O) groups is 1. The predicted molar refractivity (Wildman–Crippen MR) is 101 cm³/mol. The van der Waals surface area contributed by atoms with E-state index in [1.165, 1.54) is 12.1 Å². The van der Waals surface area contributed by atoms with Gasteiger partial charge in [0.15, 0.2) is 0 Å². The largest absolute Gasteiger partial charge is 0.497 e. The number of aromatic nitrogens is 2. The van der Waals surface area contributed by atoms with Crippen molar-refractivity contribution in [1.82, 2.24) is 15.5 Å². The Hall–Kier alpha value is -3.73. The molecule has 0 aliphatic rings. The van der Waals surface area contributed by atoms with Gasteiger partial charge < -0.3 is 10.1 Å². The zero-order chi connectivity index (χ0) is 20.9. The number of halogens is 3. The molecule has 3 aromatic rings. The van der Waals surface area contributed by atoms with E-state index in [0.29, 0.717) is 11.4 Å². The maximum Gasteiger partial charge on any atom is 0.416 e. The Labute approximate surface area is 164 Å². The Morgan fingerprint density at radius 3 is 2.72 bits per heavy atom. The summed E-state index contributed by atoms with van der Waals surface area (Å²) >= 11 is 0. The molecule has 0 atom stereocenters. The number of alkyl halides is 3. The first-order valence-electron chi connectivity index (χ1n) is 8.51. The Balaban J connectivity index is 1.61. The van der Waals surface area contributed by atoms with Gasteiger partial charge >= 0.3 is 6.18 Å². The van der Waals surface area contributed by atoms with E-state index in [4.69, 9.17) is 4.74 Å². The van der Waals surface area contributed by atoms with Crippen molar-refractivity contribution in [3.05, 3.63) is 71.4 Å². The van der Waals surface area contributed by atoms with Crippen LogP contribution in [0.5, 0.6) is 5.75 Å². The number of ether oxygens (including phenoxy) is 1. The first-order chi connectivity index (χ1) is 13.9. The highest BCUT2D eigenvalue weighted by atomic mass is 19.4. The molecule has 0 aliphatic carbocycles. The van der Waals surface area contributed by atoms with Gasteiger partial charge in [0, 0.05) is 11.1 Å². The van der Waals surface area contributed by atoms with E-state index >= 15 is 0 Å². The van der Waals surface area contributed by atoms with Gasteiger partial charge in [-0.1, -0.05) is 30.0 Å². The van der Waals surface area contributed by atoms with Crippen molar-refractivity contribution >= 4 is 5.91 Å². The van der Waals surface area contributed by atoms with Crippen molar-refractivity contribution in [3.63, 3.8) is 0 Å². The molecule has 5 nitrogen and oxygen atoms in total. The summed E-state index contributed by atoms with van der Waals surface area (Å²) in [5.74, 6) is 5.48. The average Bonchev–Trinajstić information content (AvgIpc) is 3.21. The summed E-state index contributed by atoms with van der Waals surface area (Å²) in [6, 6.07) is 13.5. The van der Waals surface area contributed by atoms with Gasteiger partial charge in [-0.25, -0.2) is 0 Å². The number of rotatable bonds is 4. The van der Waals surface area contributed by atoms with Crippen molar-refractivity contribution in [2.24, 2.45) is 0 Å². The number of H-pyrrole nitrogens is 1. The average molecular weight is 399 g/mol. The fourth-order valence-electron chi connectivity index (χ4n) is 2.51. The van der Waals surface area contributed by atoms with Gasteiger partial charge in [0.1, 0.15) is 11.4 Å². The molecular formula is C21H16F3N3O2. The maximum atomic E-state index is 12.7. The molecule has 0 saturated heterocycles. The van der Waals surface area contributed by atoms with Crippen LogP contribution in [0.2, 0.25) is 0 Å². The van der Waals surface area contributed by atoms with Gasteiger partial charge in [-0.05, 0) is 36.4 Å². The molecule has 1 aromatic heterocycles. The second kappa shape index (κ2) is 8.52. The number of benzene rings is 2. The number of nitrogens with zero attached hydrogens (tertiary/aromatic N) is 1. The number of nitrogens with one attached hydrogen (secondary N) is 2. The molecule has 3 rings (SSSR count). The van der Waals surface area contributed by atoms with E-state index in [9.17, 15) is 18.0 Å². The molecular weight excluding hydrogens is 383 g/mol. The number of methoxy groups -OCH3 is 1. The van der Waals surface area contributed by atoms with Crippen LogP contribution < -0.4 is 10.1 Å². The summed E-state index contributed by atoms with van der Waals surface area (Å²) in [6.45, 7) is -0.0252. The fraction of sp³-hybridized carbons (Fsp3) is 0.143. The highest BCUT2D eigenvalue weighted by Gasteiger charge is 2.30. The molecule has 0 radical (unpaired) electrons. The smallest absolute Gasteiger partial charge is 0.416 e. The summed E-state index contributed by atoms with van der Waals surface area (Å²) in [6.07, 6.45) is -4.42. The monoisotopic (exact) mass is 399 g/mol. The quantitative estimate of drug-likeness (QED) is 0.655. The molecule has 1 heterocycles. The molecule has 0 saturated carbocycles. The second-order valence-corrected chi connectivity index (χ2v) is 5.96. The summed E-state index contributed by atoms with van der Waals surface area (Å²) < 4.78 is 43.2. The first kappa shape index (κ1) is 20.0. The standard InChI is InChI=1S/C21H16F3N3O2/c1-29-17-9-3-7-15(12-17)18-13-19(27-26-18)20(28)25-10-4-6-14-5-2-8-16(11-14)21(22,23)24/h2-3,5,7-9,11-13H,10H2,1H3,(H,25,28)(H,26,27). The normalized spacial score (nSPS) is 10.8. The lowest BCUT2D eigenvalue weighted by Gasteiger charge is -2.05.